The number of halogens is 3. The molecule has 0 bridgehead atoms. The Bertz CT molecular complexity index is 237. The molecule has 0 atom stereocenters. The Balaban J connectivity index is 0.000001000. The molecule has 0 fully saturated rings. The number of hydrogen-bond acceptors (Lipinski definition) is 0. The molecule has 11 heavy (non-hydrogen) atoms. The van der Waals surface area contributed by atoms with E-state index in [-0.39, 0.29) is 29.6 Å². The van der Waals surface area contributed by atoms with Crippen molar-refractivity contribution < 1.29 is 0 Å². The van der Waals surface area contributed by atoms with Gasteiger partial charge in [-0.15, -0.1) is 0 Å². The zero-order valence-electron chi connectivity index (χ0n) is 5.29. The molecule has 0 spiro atoms. The molecule has 1 aromatic carbocycles. The third-order valence-electron chi connectivity index (χ3n) is 1.25. The average molecular weight is 219 g/mol. The SMILES string of the molecule is Cc1c(Cl)cc(Cl)cc1Cl.[NaH]. The van der Waals surface area contributed by atoms with Crippen molar-refractivity contribution >= 4 is 64.4 Å². The van der Waals surface area contributed by atoms with E-state index in [0.29, 0.717) is 15.1 Å². The third kappa shape index (κ3) is 3.14. The molecule has 0 amide bonds. The Hall–Kier alpha value is 1.09. The van der Waals surface area contributed by atoms with Gasteiger partial charge in [0.25, 0.3) is 0 Å². The standard InChI is InChI=1S/C7H5Cl3.Na.H/c1-4-6(9)2-5(8)3-7(4)10;;/h2-3H,1H3;;. The molecule has 4 heteroatoms. The zero-order valence-corrected chi connectivity index (χ0v) is 7.56. The minimum atomic E-state index is 0. The molecular weight excluding hydrogens is 213 g/mol. The van der Waals surface area contributed by atoms with Gasteiger partial charge in [-0.25, -0.2) is 0 Å². The third-order valence-corrected chi connectivity index (χ3v) is 2.25. The van der Waals surface area contributed by atoms with Gasteiger partial charge in [0, 0.05) is 15.1 Å². The van der Waals surface area contributed by atoms with Gasteiger partial charge in [0.15, 0.2) is 0 Å². The molecule has 0 heterocycles. The van der Waals surface area contributed by atoms with E-state index in [2.05, 4.69) is 0 Å². The summed E-state index contributed by atoms with van der Waals surface area (Å²) in [5, 5.41) is 1.79. The molecule has 0 aliphatic carbocycles. The fraction of sp³-hybridized carbons (Fsp3) is 0.143. The van der Waals surface area contributed by atoms with Crippen LogP contribution >= 0.6 is 34.8 Å². The maximum absolute atomic E-state index is 5.75. The first-order valence-corrected chi connectivity index (χ1v) is 3.86. The van der Waals surface area contributed by atoms with E-state index in [9.17, 15) is 0 Å². The Kier molecular flexibility index (Phi) is 5.45. The zero-order chi connectivity index (χ0) is 7.72. The van der Waals surface area contributed by atoms with Crippen molar-refractivity contribution in [2.45, 2.75) is 6.92 Å². The van der Waals surface area contributed by atoms with E-state index in [4.69, 9.17) is 34.8 Å². The first-order chi connectivity index (χ1) is 4.61. The Morgan fingerprint density at radius 3 is 1.73 bits per heavy atom. The summed E-state index contributed by atoms with van der Waals surface area (Å²) in [6.45, 7) is 1.85. The molecule has 0 aliphatic rings. The van der Waals surface area contributed by atoms with Crippen molar-refractivity contribution in [2.24, 2.45) is 0 Å². The maximum atomic E-state index is 5.75. The van der Waals surface area contributed by atoms with Crippen LogP contribution in [0.5, 0.6) is 0 Å². The molecular formula is C7H6Cl3Na. The molecule has 0 aromatic heterocycles. The van der Waals surface area contributed by atoms with Gasteiger partial charge in [-0.3, -0.25) is 0 Å². The first-order valence-electron chi connectivity index (χ1n) is 2.72. The predicted molar refractivity (Wildman–Crippen MR) is 53.4 cm³/mol. The number of benzene rings is 1. The second kappa shape index (κ2) is 4.96. The van der Waals surface area contributed by atoms with Crippen molar-refractivity contribution in [1.29, 1.82) is 0 Å². The molecule has 0 N–H and O–H groups in total. The van der Waals surface area contributed by atoms with Crippen LogP contribution in [0, 0.1) is 6.92 Å². The molecule has 0 nitrogen and oxygen atoms in total. The normalized spacial score (nSPS) is 9.09. The van der Waals surface area contributed by atoms with Crippen LogP contribution in [0.15, 0.2) is 12.1 Å². The van der Waals surface area contributed by atoms with E-state index in [1.165, 1.54) is 0 Å². The van der Waals surface area contributed by atoms with Crippen molar-refractivity contribution in [2.75, 3.05) is 0 Å². The average Bonchev–Trinajstić information content (AvgIpc) is 1.82. The van der Waals surface area contributed by atoms with Gasteiger partial charge in [0.1, 0.15) is 0 Å². The molecule has 1 aromatic rings. The van der Waals surface area contributed by atoms with Crippen molar-refractivity contribution in [3.05, 3.63) is 32.8 Å². The van der Waals surface area contributed by atoms with Crippen LogP contribution in [-0.4, -0.2) is 29.6 Å². The second-order valence-corrected chi connectivity index (χ2v) is 3.25. The summed E-state index contributed by atoms with van der Waals surface area (Å²) in [5.41, 5.74) is 0.868. The van der Waals surface area contributed by atoms with Crippen molar-refractivity contribution in [3.63, 3.8) is 0 Å². The number of rotatable bonds is 0. The molecule has 0 saturated heterocycles. The summed E-state index contributed by atoms with van der Waals surface area (Å²) in [6, 6.07) is 3.34. The Morgan fingerprint density at radius 2 is 1.36 bits per heavy atom. The summed E-state index contributed by atoms with van der Waals surface area (Å²) < 4.78 is 0. The van der Waals surface area contributed by atoms with Crippen LogP contribution in [0.2, 0.25) is 15.1 Å². The van der Waals surface area contributed by atoms with Crippen LogP contribution in [0.1, 0.15) is 5.56 Å². The van der Waals surface area contributed by atoms with Crippen LogP contribution in [0.4, 0.5) is 0 Å². The van der Waals surface area contributed by atoms with E-state index >= 15 is 0 Å². The summed E-state index contributed by atoms with van der Waals surface area (Å²) in [4.78, 5) is 0. The molecule has 0 saturated carbocycles. The summed E-state index contributed by atoms with van der Waals surface area (Å²) >= 11 is 17.2. The fourth-order valence-electron chi connectivity index (χ4n) is 0.614. The van der Waals surface area contributed by atoms with E-state index in [1.54, 1.807) is 12.1 Å². The van der Waals surface area contributed by atoms with E-state index < -0.39 is 0 Å². The first kappa shape index (κ1) is 12.1. The van der Waals surface area contributed by atoms with Crippen molar-refractivity contribution in [1.82, 2.24) is 0 Å². The van der Waals surface area contributed by atoms with Crippen LogP contribution < -0.4 is 0 Å². The van der Waals surface area contributed by atoms with E-state index in [0.717, 1.165) is 5.56 Å². The second-order valence-electron chi connectivity index (χ2n) is 1.99. The van der Waals surface area contributed by atoms with Crippen molar-refractivity contribution in [3.8, 4) is 0 Å². The summed E-state index contributed by atoms with van der Waals surface area (Å²) in [7, 11) is 0. The molecule has 0 aliphatic heterocycles. The van der Waals surface area contributed by atoms with Gasteiger partial charge in [-0.2, -0.15) is 0 Å². The van der Waals surface area contributed by atoms with Gasteiger partial charge >= 0.3 is 29.6 Å². The summed E-state index contributed by atoms with van der Waals surface area (Å²) in [5.74, 6) is 0. The molecule has 1 rings (SSSR count). The van der Waals surface area contributed by atoms with E-state index in [1.807, 2.05) is 6.92 Å². The molecule has 0 unspecified atom stereocenters. The Labute approximate surface area is 103 Å². The van der Waals surface area contributed by atoms with Gasteiger partial charge in [-0.1, -0.05) is 34.8 Å². The van der Waals surface area contributed by atoms with Gasteiger partial charge in [-0.05, 0) is 24.6 Å². The topological polar surface area (TPSA) is 0 Å². The monoisotopic (exact) mass is 218 g/mol. The van der Waals surface area contributed by atoms with Crippen LogP contribution in [0.25, 0.3) is 0 Å². The fourth-order valence-corrected chi connectivity index (χ4v) is 1.43. The Morgan fingerprint density at radius 1 is 1.00 bits per heavy atom. The predicted octanol–water partition coefficient (Wildman–Crippen LogP) is 3.31. The summed E-state index contributed by atoms with van der Waals surface area (Å²) in [6.07, 6.45) is 0. The van der Waals surface area contributed by atoms with Gasteiger partial charge in [0.05, 0.1) is 0 Å². The van der Waals surface area contributed by atoms with Gasteiger partial charge in [0.2, 0.25) is 0 Å². The quantitative estimate of drug-likeness (QED) is 0.587. The van der Waals surface area contributed by atoms with Crippen LogP contribution in [-0.2, 0) is 0 Å². The molecule has 0 radical (unpaired) electrons. The minimum absolute atomic E-state index is 0. The van der Waals surface area contributed by atoms with Crippen LogP contribution in [0.3, 0.4) is 0 Å². The number of hydrogen-bond donors (Lipinski definition) is 0. The molecule has 56 valence electrons. The van der Waals surface area contributed by atoms with Gasteiger partial charge < -0.3 is 0 Å².